The molecule has 7 nitrogen and oxygen atoms in total. The van der Waals surface area contributed by atoms with Gasteiger partial charge in [0.25, 0.3) is 11.8 Å². The van der Waals surface area contributed by atoms with E-state index < -0.39 is 89.3 Å². The Balaban J connectivity index is 1.54. The Bertz CT molecular complexity index is 1750. The molecule has 2 aromatic heterocycles. The number of fused-ring (bicyclic) bond motifs is 1. The lowest BCUT2D eigenvalue weighted by Crippen LogP contribution is -2.34. The van der Waals surface area contributed by atoms with Crippen LogP contribution in [0.2, 0.25) is 0 Å². The molecular weight excluding hydrogens is 602 g/mol. The van der Waals surface area contributed by atoms with Crippen LogP contribution in [0.1, 0.15) is 51.0 Å². The van der Waals surface area contributed by atoms with Crippen LogP contribution in [0.3, 0.4) is 0 Å². The van der Waals surface area contributed by atoms with Gasteiger partial charge in [0, 0.05) is 29.9 Å². The fourth-order valence-corrected chi connectivity index (χ4v) is 5.24. The SMILES string of the molecule is NC(=O)c1cc(-c2cccnc2[C@H](Cc2cc(F)cc(F)c2)NC(=O)Cn2nc(C(F)(F)F)c3c2CCC3(F)F)ccc1F. The molecule has 44 heavy (non-hydrogen) atoms. The van der Waals surface area contributed by atoms with E-state index in [-0.39, 0.29) is 28.8 Å². The van der Waals surface area contributed by atoms with Gasteiger partial charge in [0.2, 0.25) is 5.91 Å². The van der Waals surface area contributed by atoms with Crippen molar-refractivity contribution in [2.45, 2.75) is 43.9 Å². The van der Waals surface area contributed by atoms with Crippen molar-refractivity contribution < 1.29 is 44.7 Å². The van der Waals surface area contributed by atoms with Crippen LogP contribution in [-0.4, -0.2) is 26.6 Å². The first-order valence-corrected chi connectivity index (χ1v) is 13.0. The summed E-state index contributed by atoms with van der Waals surface area (Å²) in [6, 6.07) is 7.81. The van der Waals surface area contributed by atoms with Gasteiger partial charge in [-0.3, -0.25) is 19.3 Å². The first-order chi connectivity index (χ1) is 20.6. The molecule has 2 amide bonds. The van der Waals surface area contributed by atoms with Crippen molar-refractivity contribution in [2.75, 3.05) is 0 Å². The number of aromatic nitrogens is 3. The third kappa shape index (κ3) is 6.12. The lowest BCUT2D eigenvalue weighted by molar-refractivity contribution is -0.145. The van der Waals surface area contributed by atoms with E-state index in [0.29, 0.717) is 10.7 Å². The van der Waals surface area contributed by atoms with Crippen LogP contribution in [0.4, 0.5) is 35.1 Å². The summed E-state index contributed by atoms with van der Waals surface area (Å²) in [5, 5.41) is 5.83. The molecule has 2 heterocycles. The van der Waals surface area contributed by atoms with E-state index in [1.165, 1.54) is 24.4 Å². The van der Waals surface area contributed by atoms with Gasteiger partial charge < -0.3 is 11.1 Å². The Hall–Kier alpha value is -4.82. The van der Waals surface area contributed by atoms with Gasteiger partial charge in [-0.1, -0.05) is 12.1 Å². The number of alkyl halides is 5. The van der Waals surface area contributed by atoms with Crippen molar-refractivity contribution in [3.05, 3.63) is 106 Å². The van der Waals surface area contributed by atoms with Crippen molar-refractivity contribution in [2.24, 2.45) is 5.73 Å². The number of hydrogen-bond acceptors (Lipinski definition) is 4. The lowest BCUT2D eigenvalue weighted by Gasteiger charge is -2.22. The van der Waals surface area contributed by atoms with Crippen LogP contribution in [0, 0.1) is 17.5 Å². The minimum Gasteiger partial charge on any atom is -0.366 e. The molecule has 0 fully saturated rings. The smallest absolute Gasteiger partial charge is 0.366 e. The number of nitrogens with two attached hydrogens (primary N) is 1. The Morgan fingerprint density at radius 1 is 1.05 bits per heavy atom. The summed E-state index contributed by atoms with van der Waals surface area (Å²) in [5.41, 5.74) is 1.91. The molecule has 1 aliphatic rings. The molecule has 1 atom stereocenters. The Morgan fingerprint density at radius 2 is 1.75 bits per heavy atom. The number of nitrogens with zero attached hydrogens (tertiary/aromatic N) is 3. The molecule has 1 aliphatic carbocycles. The monoisotopic (exact) mass is 623 g/mol. The van der Waals surface area contributed by atoms with Crippen LogP contribution in [0.5, 0.6) is 0 Å². The molecule has 0 saturated heterocycles. The third-order valence-electron chi connectivity index (χ3n) is 7.07. The summed E-state index contributed by atoms with van der Waals surface area (Å²) in [6.07, 6.45) is -5.52. The van der Waals surface area contributed by atoms with Crippen molar-refractivity contribution in [3.63, 3.8) is 0 Å². The first kappa shape index (κ1) is 30.6. The average Bonchev–Trinajstić information content (AvgIpc) is 3.45. The fourth-order valence-electron chi connectivity index (χ4n) is 5.24. The van der Waals surface area contributed by atoms with E-state index in [0.717, 1.165) is 24.3 Å². The largest absolute Gasteiger partial charge is 0.435 e. The van der Waals surface area contributed by atoms with E-state index in [4.69, 9.17) is 5.73 Å². The number of carbonyl (C=O) groups is 2. The molecule has 0 bridgehead atoms. The van der Waals surface area contributed by atoms with Gasteiger partial charge in [-0.2, -0.15) is 18.3 Å². The zero-order valence-electron chi connectivity index (χ0n) is 22.4. The minimum absolute atomic E-state index is 0.0558. The molecule has 5 rings (SSSR count). The van der Waals surface area contributed by atoms with Gasteiger partial charge >= 0.3 is 6.18 Å². The molecule has 3 N–H and O–H groups in total. The van der Waals surface area contributed by atoms with Crippen LogP contribution >= 0.6 is 0 Å². The highest BCUT2D eigenvalue weighted by molar-refractivity contribution is 5.94. The fraction of sp³-hybridized carbons (Fsp3) is 0.241. The van der Waals surface area contributed by atoms with E-state index >= 15 is 0 Å². The van der Waals surface area contributed by atoms with Crippen LogP contribution < -0.4 is 11.1 Å². The standard InChI is InChI=1S/C29H21F8N5O2/c30-16-8-14(9-17(31)12-16)10-21(25-18(2-1-7-39-25)15-3-4-20(32)19(11-15)27(38)44)40-23(43)13-42-22-5-6-28(33,34)24(22)26(41-42)29(35,36)37/h1-4,7-9,11-12,21H,5-6,10,13H2,(H2,38,44)(H,40,43)/t21-/m0/s1. The number of rotatable bonds is 8. The van der Waals surface area contributed by atoms with Crippen molar-refractivity contribution in [3.8, 4) is 11.1 Å². The molecule has 230 valence electrons. The summed E-state index contributed by atoms with van der Waals surface area (Å²) < 4.78 is 112. The molecule has 0 saturated carbocycles. The van der Waals surface area contributed by atoms with E-state index in [1.54, 1.807) is 0 Å². The summed E-state index contributed by atoms with van der Waals surface area (Å²) >= 11 is 0. The predicted molar refractivity (Wildman–Crippen MR) is 139 cm³/mol. The first-order valence-electron chi connectivity index (χ1n) is 13.0. The summed E-state index contributed by atoms with van der Waals surface area (Å²) in [5.74, 6) is -8.59. The molecule has 0 unspecified atom stereocenters. The van der Waals surface area contributed by atoms with E-state index in [9.17, 15) is 44.7 Å². The molecule has 0 aliphatic heterocycles. The number of amides is 2. The number of primary amides is 1. The van der Waals surface area contributed by atoms with E-state index in [1.807, 2.05) is 0 Å². The summed E-state index contributed by atoms with van der Waals surface area (Å²) in [4.78, 5) is 29.3. The summed E-state index contributed by atoms with van der Waals surface area (Å²) in [6.45, 7) is -0.896. The number of benzene rings is 2. The molecule has 0 spiro atoms. The zero-order valence-corrected chi connectivity index (χ0v) is 22.4. The molecular formula is C29H21F8N5O2. The highest BCUT2D eigenvalue weighted by Crippen LogP contribution is 2.47. The lowest BCUT2D eigenvalue weighted by atomic mass is 9.94. The Kier molecular flexibility index (Phi) is 7.90. The second-order valence-corrected chi connectivity index (χ2v) is 10.1. The average molecular weight is 624 g/mol. The second kappa shape index (κ2) is 11.4. The maximum Gasteiger partial charge on any atom is 0.435 e. The number of halogens is 8. The van der Waals surface area contributed by atoms with Crippen LogP contribution in [0.25, 0.3) is 11.1 Å². The molecule has 4 aromatic rings. The second-order valence-electron chi connectivity index (χ2n) is 10.1. The number of hydrogen-bond donors (Lipinski definition) is 2. The number of carbonyl (C=O) groups excluding carboxylic acids is 2. The third-order valence-corrected chi connectivity index (χ3v) is 7.07. The quantitative estimate of drug-likeness (QED) is 0.249. The maximum absolute atomic E-state index is 14.4. The molecule has 2 aromatic carbocycles. The van der Waals surface area contributed by atoms with Crippen molar-refractivity contribution >= 4 is 11.8 Å². The van der Waals surface area contributed by atoms with Crippen molar-refractivity contribution in [1.82, 2.24) is 20.1 Å². The highest BCUT2D eigenvalue weighted by atomic mass is 19.4. The van der Waals surface area contributed by atoms with Gasteiger partial charge in [-0.05, 0) is 54.3 Å². The minimum atomic E-state index is -5.20. The van der Waals surface area contributed by atoms with Gasteiger partial charge in [0.05, 0.1) is 22.9 Å². The van der Waals surface area contributed by atoms with Gasteiger partial charge in [-0.15, -0.1) is 0 Å². The Morgan fingerprint density at radius 3 is 2.41 bits per heavy atom. The van der Waals surface area contributed by atoms with Gasteiger partial charge in [-0.25, -0.2) is 22.0 Å². The number of nitrogens with one attached hydrogen (secondary N) is 1. The topological polar surface area (TPSA) is 103 Å². The highest BCUT2D eigenvalue weighted by Gasteiger charge is 2.51. The molecule has 0 radical (unpaired) electrons. The van der Waals surface area contributed by atoms with Crippen molar-refractivity contribution in [1.29, 1.82) is 0 Å². The van der Waals surface area contributed by atoms with Gasteiger partial charge in [0.1, 0.15) is 24.0 Å². The molecule has 15 heteroatoms. The van der Waals surface area contributed by atoms with Crippen LogP contribution in [0.15, 0.2) is 54.7 Å². The van der Waals surface area contributed by atoms with Crippen LogP contribution in [-0.2, 0) is 36.3 Å². The Labute approximate surface area is 243 Å². The normalized spacial score (nSPS) is 14.7. The maximum atomic E-state index is 14.4. The summed E-state index contributed by atoms with van der Waals surface area (Å²) in [7, 11) is 0. The van der Waals surface area contributed by atoms with Gasteiger partial charge in [0.15, 0.2) is 5.69 Å². The zero-order chi connectivity index (χ0) is 32.0. The number of pyridine rings is 1. The van der Waals surface area contributed by atoms with E-state index in [2.05, 4.69) is 15.4 Å². The predicted octanol–water partition coefficient (Wildman–Crippen LogP) is 5.62.